The monoisotopic (exact) mass is 298 g/mol. The molecule has 0 spiro atoms. The number of aryl methyl sites for hydroxylation is 1. The molecule has 0 fully saturated rings. The van der Waals surface area contributed by atoms with E-state index in [4.69, 9.17) is 9.47 Å². The second-order valence-electron chi connectivity index (χ2n) is 5.64. The Labute approximate surface area is 131 Å². The van der Waals surface area contributed by atoms with Crippen LogP contribution in [-0.4, -0.2) is 18.2 Å². The van der Waals surface area contributed by atoms with Crippen LogP contribution in [0.2, 0.25) is 0 Å². The maximum atomic E-state index is 11.7. The van der Waals surface area contributed by atoms with Crippen LogP contribution in [0.5, 0.6) is 5.75 Å². The van der Waals surface area contributed by atoms with E-state index in [1.165, 1.54) is 5.56 Å². The molecule has 2 aromatic carbocycles. The van der Waals surface area contributed by atoms with Gasteiger partial charge in [0.1, 0.15) is 5.75 Å². The number of carbonyl (C=O) groups excluding carboxylic acids is 1. The zero-order valence-corrected chi connectivity index (χ0v) is 13.5. The molecule has 3 nitrogen and oxygen atoms in total. The lowest BCUT2D eigenvalue weighted by Gasteiger charge is -2.16. The summed E-state index contributed by atoms with van der Waals surface area (Å²) in [5.74, 6) is 0.307. The Bertz CT molecular complexity index is 612. The van der Waals surface area contributed by atoms with Gasteiger partial charge in [-0.2, -0.15) is 0 Å². The Kier molecular flexibility index (Phi) is 5.21. The van der Waals surface area contributed by atoms with Crippen molar-refractivity contribution >= 4 is 5.97 Å². The summed E-state index contributed by atoms with van der Waals surface area (Å²) in [5.41, 5.74) is 3.51. The van der Waals surface area contributed by atoms with Crippen molar-refractivity contribution < 1.29 is 14.3 Å². The Morgan fingerprint density at radius 1 is 0.864 bits per heavy atom. The van der Waals surface area contributed by atoms with Crippen molar-refractivity contribution in [2.45, 2.75) is 39.9 Å². The molecule has 0 amide bonds. The molecule has 2 rings (SSSR count). The molecule has 0 N–H and O–H groups in total. The van der Waals surface area contributed by atoms with E-state index in [0.29, 0.717) is 5.75 Å². The van der Waals surface area contributed by atoms with E-state index in [2.05, 4.69) is 31.2 Å². The lowest BCUT2D eigenvalue weighted by molar-refractivity contribution is -0.154. The van der Waals surface area contributed by atoms with Crippen LogP contribution < -0.4 is 4.74 Å². The zero-order chi connectivity index (χ0) is 16.1. The van der Waals surface area contributed by atoms with Crippen LogP contribution in [0.1, 0.15) is 26.3 Å². The third kappa shape index (κ3) is 4.35. The van der Waals surface area contributed by atoms with E-state index in [-0.39, 0.29) is 12.1 Å². The zero-order valence-electron chi connectivity index (χ0n) is 13.5. The standard InChI is InChI=1S/C19H22O3/c1-13(2)21-19(20)15(4)22-18-11-9-17(10-12-18)16-7-5-14(3)6-8-16/h5-13,15H,1-4H3/t15-/m1/s1. The largest absolute Gasteiger partial charge is 0.479 e. The smallest absolute Gasteiger partial charge is 0.347 e. The van der Waals surface area contributed by atoms with Gasteiger partial charge in [-0.25, -0.2) is 4.79 Å². The van der Waals surface area contributed by atoms with Crippen molar-refractivity contribution in [2.24, 2.45) is 0 Å². The molecule has 0 aliphatic heterocycles. The van der Waals surface area contributed by atoms with Crippen molar-refractivity contribution in [3.63, 3.8) is 0 Å². The fourth-order valence-electron chi connectivity index (χ4n) is 2.05. The van der Waals surface area contributed by atoms with Crippen molar-refractivity contribution in [3.05, 3.63) is 54.1 Å². The molecule has 0 radical (unpaired) electrons. The van der Waals surface area contributed by atoms with Crippen LogP contribution in [0.25, 0.3) is 11.1 Å². The molecule has 0 saturated carbocycles. The maximum Gasteiger partial charge on any atom is 0.347 e. The van der Waals surface area contributed by atoms with E-state index < -0.39 is 6.10 Å². The summed E-state index contributed by atoms with van der Waals surface area (Å²) in [6, 6.07) is 16.1. The topological polar surface area (TPSA) is 35.5 Å². The summed E-state index contributed by atoms with van der Waals surface area (Å²) in [5, 5.41) is 0. The predicted octanol–water partition coefficient (Wildman–Crippen LogP) is 4.38. The van der Waals surface area contributed by atoms with Crippen LogP contribution in [0.3, 0.4) is 0 Å². The fraction of sp³-hybridized carbons (Fsp3) is 0.316. The van der Waals surface area contributed by atoms with Crippen LogP contribution in [0.15, 0.2) is 48.5 Å². The third-order valence-corrected chi connectivity index (χ3v) is 3.24. The molecule has 0 aliphatic carbocycles. The van der Waals surface area contributed by atoms with E-state index in [1.807, 2.05) is 38.1 Å². The van der Waals surface area contributed by atoms with E-state index in [9.17, 15) is 4.79 Å². The normalized spacial score (nSPS) is 12.0. The predicted molar refractivity (Wildman–Crippen MR) is 87.9 cm³/mol. The Balaban J connectivity index is 2.03. The molecule has 116 valence electrons. The number of carbonyl (C=O) groups is 1. The van der Waals surface area contributed by atoms with Crippen molar-refractivity contribution in [3.8, 4) is 16.9 Å². The van der Waals surface area contributed by atoms with Gasteiger partial charge >= 0.3 is 5.97 Å². The molecule has 0 heterocycles. The van der Waals surface area contributed by atoms with Gasteiger partial charge in [0.25, 0.3) is 0 Å². The minimum absolute atomic E-state index is 0.137. The fourth-order valence-corrected chi connectivity index (χ4v) is 2.05. The summed E-state index contributed by atoms with van der Waals surface area (Å²) in [4.78, 5) is 11.7. The highest BCUT2D eigenvalue weighted by Crippen LogP contribution is 2.23. The van der Waals surface area contributed by atoms with Crippen LogP contribution in [0, 0.1) is 6.92 Å². The Morgan fingerprint density at radius 2 is 1.36 bits per heavy atom. The molecule has 0 aliphatic rings. The molecular weight excluding hydrogens is 276 g/mol. The van der Waals surface area contributed by atoms with Crippen molar-refractivity contribution in [2.75, 3.05) is 0 Å². The van der Waals surface area contributed by atoms with Crippen molar-refractivity contribution in [1.82, 2.24) is 0 Å². The first kappa shape index (κ1) is 16.1. The average Bonchev–Trinajstić information content (AvgIpc) is 2.48. The highest BCUT2D eigenvalue weighted by Gasteiger charge is 2.17. The molecule has 0 bridgehead atoms. The molecule has 3 heteroatoms. The Hall–Kier alpha value is -2.29. The van der Waals surface area contributed by atoms with Gasteiger partial charge in [-0.15, -0.1) is 0 Å². The molecule has 0 unspecified atom stereocenters. The number of benzene rings is 2. The average molecular weight is 298 g/mol. The lowest BCUT2D eigenvalue weighted by Crippen LogP contribution is -2.28. The summed E-state index contributed by atoms with van der Waals surface area (Å²) >= 11 is 0. The molecular formula is C19H22O3. The van der Waals surface area contributed by atoms with Gasteiger partial charge in [-0.1, -0.05) is 42.0 Å². The lowest BCUT2D eigenvalue weighted by atomic mass is 10.0. The van der Waals surface area contributed by atoms with E-state index >= 15 is 0 Å². The van der Waals surface area contributed by atoms with Crippen LogP contribution >= 0.6 is 0 Å². The third-order valence-electron chi connectivity index (χ3n) is 3.24. The van der Waals surface area contributed by atoms with E-state index in [0.717, 1.165) is 11.1 Å². The quantitative estimate of drug-likeness (QED) is 0.768. The minimum atomic E-state index is -0.618. The number of ether oxygens (including phenoxy) is 2. The molecule has 0 saturated heterocycles. The number of hydrogen-bond acceptors (Lipinski definition) is 3. The molecule has 22 heavy (non-hydrogen) atoms. The van der Waals surface area contributed by atoms with Gasteiger partial charge in [0.2, 0.25) is 0 Å². The minimum Gasteiger partial charge on any atom is -0.479 e. The molecule has 1 atom stereocenters. The van der Waals surface area contributed by atoms with Gasteiger partial charge in [0.05, 0.1) is 6.10 Å². The summed E-state index contributed by atoms with van der Waals surface area (Å²) in [6.45, 7) is 7.40. The number of esters is 1. The highest BCUT2D eigenvalue weighted by molar-refractivity contribution is 5.74. The maximum absolute atomic E-state index is 11.7. The number of rotatable bonds is 5. The van der Waals surface area contributed by atoms with Gasteiger partial charge in [0.15, 0.2) is 6.10 Å². The summed E-state index contributed by atoms with van der Waals surface area (Å²) in [6.07, 6.45) is -0.755. The summed E-state index contributed by atoms with van der Waals surface area (Å²) in [7, 11) is 0. The van der Waals surface area contributed by atoms with Crippen LogP contribution in [0.4, 0.5) is 0 Å². The first-order chi connectivity index (χ1) is 10.5. The van der Waals surface area contributed by atoms with Gasteiger partial charge in [-0.3, -0.25) is 0 Å². The Morgan fingerprint density at radius 3 is 1.86 bits per heavy atom. The SMILES string of the molecule is Cc1ccc(-c2ccc(O[C@H](C)C(=O)OC(C)C)cc2)cc1. The van der Waals surface area contributed by atoms with Crippen molar-refractivity contribution in [1.29, 1.82) is 0 Å². The van der Waals surface area contributed by atoms with Gasteiger partial charge in [0, 0.05) is 0 Å². The first-order valence-electron chi connectivity index (χ1n) is 7.50. The first-order valence-corrected chi connectivity index (χ1v) is 7.50. The van der Waals surface area contributed by atoms with Gasteiger partial charge in [-0.05, 0) is 51.0 Å². The second kappa shape index (κ2) is 7.12. The molecule has 0 aromatic heterocycles. The van der Waals surface area contributed by atoms with Crippen LogP contribution in [-0.2, 0) is 9.53 Å². The molecule has 2 aromatic rings. The summed E-state index contributed by atoms with van der Waals surface area (Å²) < 4.78 is 10.7. The highest BCUT2D eigenvalue weighted by atomic mass is 16.6. The number of hydrogen-bond donors (Lipinski definition) is 0. The second-order valence-corrected chi connectivity index (χ2v) is 5.64. The van der Waals surface area contributed by atoms with Gasteiger partial charge < -0.3 is 9.47 Å². The van der Waals surface area contributed by atoms with E-state index in [1.54, 1.807) is 6.92 Å².